The number of nitrogens with zero attached hydrogens (tertiary/aromatic N) is 1. The summed E-state index contributed by atoms with van der Waals surface area (Å²) in [6, 6.07) is 11.6. The van der Waals surface area contributed by atoms with Crippen LogP contribution < -0.4 is 25.2 Å². The van der Waals surface area contributed by atoms with Gasteiger partial charge in [-0.2, -0.15) is 0 Å². The number of hydrazine groups is 1. The molecule has 0 bridgehead atoms. The van der Waals surface area contributed by atoms with Crippen molar-refractivity contribution in [2.24, 2.45) is 0 Å². The molecule has 2 aromatic carbocycles. The van der Waals surface area contributed by atoms with Gasteiger partial charge in [0.05, 0.1) is 18.5 Å². The van der Waals surface area contributed by atoms with Gasteiger partial charge in [0.1, 0.15) is 5.75 Å². The van der Waals surface area contributed by atoms with Crippen LogP contribution in [0.3, 0.4) is 0 Å². The summed E-state index contributed by atoms with van der Waals surface area (Å²) in [6.07, 6.45) is 0.857. The zero-order valence-electron chi connectivity index (χ0n) is 15.4. The number of para-hydroxylation sites is 1. The van der Waals surface area contributed by atoms with Crippen LogP contribution >= 0.6 is 11.6 Å². The van der Waals surface area contributed by atoms with Crippen molar-refractivity contribution in [2.75, 3.05) is 17.7 Å². The Morgan fingerprint density at radius 1 is 1.14 bits per heavy atom. The summed E-state index contributed by atoms with van der Waals surface area (Å²) in [6.45, 7) is 0.116. The molecule has 1 heterocycles. The number of anilines is 1. The summed E-state index contributed by atoms with van der Waals surface area (Å²) in [4.78, 5) is 26.0. The summed E-state index contributed by atoms with van der Waals surface area (Å²) >= 11 is 6.09. The van der Waals surface area contributed by atoms with Crippen LogP contribution in [0.4, 0.5) is 10.5 Å². The lowest BCUT2D eigenvalue weighted by Crippen LogP contribution is -2.49. The highest BCUT2D eigenvalue weighted by Gasteiger charge is 2.26. The quantitative estimate of drug-likeness (QED) is 0.632. The van der Waals surface area contributed by atoms with Gasteiger partial charge in [0.25, 0.3) is 0 Å². The number of nitrogens with one attached hydrogen (secondary N) is 3. The molecule has 0 unspecified atom stereocenters. The molecule has 0 radical (unpaired) electrons. The van der Waals surface area contributed by atoms with Gasteiger partial charge in [-0.1, -0.05) is 29.8 Å². The van der Waals surface area contributed by atoms with Crippen LogP contribution in [-0.4, -0.2) is 33.2 Å². The van der Waals surface area contributed by atoms with Gasteiger partial charge in [0.2, 0.25) is 15.9 Å². The van der Waals surface area contributed by atoms with Crippen LogP contribution in [0.15, 0.2) is 42.5 Å². The van der Waals surface area contributed by atoms with Crippen molar-refractivity contribution in [3.63, 3.8) is 0 Å². The zero-order valence-corrected chi connectivity index (χ0v) is 17.0. The summed E-state index contributed by atoms with van der Waals surface area (Å²) in [5.41, 5.74) is 5.82. The number of fused-ring (bicyclic) bond motifs is 2. The number of halogens is 1. The smallest absolute Gasteiger partial charge is 0.341 e. The van der Waals surface area contributed by atoms with E-state index in [1.807, 2.05) is 18.2 Å². The fourth-order valence-corrected chi connectivity index (χ4v) is 3.32. The Hall–Kier alpha value is -2.82. The molecule has 3 rings (SSSR count). The van der Waals surface area contributed by atoms with E-state index in [4.69, 9.17) is 16.3 Å². The molecule has 154 valence electrons. The predicted octanol–water partition coefficient (Wildman–Crippen LogP) is 2.13. The average Bonchev–Trinajstić information content (AvgIpc) is 2.81. The van der Waals surface area contributed by atoms with Gasteiger partial charge in [-0.15, -0.1) is 0 Å². The number of benzene rings is 2. The van der Waals surface area contributed by atoms with Crippen LogP contribution in [0.2, 0.25) is 5.02 Å². The molecule has 0 spiro atoms. The molecule has 3 N–H and O–H groups in total. The molecule has 0 saturated carbocycles. The minimum Gasteiger partial charge on any atom is -0.455 e. The molecule has 3 amide bonds. The van der Waals surface area contributed by atoms with Crippen LogP contribution in [0, 0.1) is 0 Å². The van der Waals surface area contributed by atoms with Gasteiger partial charge >= 0.3 is 6.03 Å². The molecular weight excluding hydrogens is 420 g/mol. The Labute approximate surface area is 173 Å². The number of carbonyl (C=O) groups is 2. The summed E-state index contributed by atoms with van der Waals surface area (Å²) in [5.74, 6) is 0.507. The van der Waals surface area contributed by atoms with Crippen molar-refractivity contribution in [1.29, 1.82) is 0 Å². The topological polar surface area (TPSA) is 117 Å². The lowest BCUT2D eigenvalue weighted by atomic mass is 10.2. The highest BCUT2D eigenvalue weighted by atomic mass is 35.5. The average molecular weight is 439 g/mol. The molecule has 0 aromatic heterocycles. The second-order valence-corrected chi connectivity index (χ2v) is 8.57. The number of rotatable bonds is 4. The fraction of sp³-hybridized carbons (Fsp3) is 0.222. The van der Waals surface area contributed by atoms with E-state index in [0.29, 0.717) is 22.2 Å². The fourth-order valence-electron chi connectivity index (χ4n) is 2.68. The molecule has 0 aliphatic carbocycles. The highest BCUT2D eigenvalue weighted by molar-refractivity contribution is 7.88. The minimum absolute atomic E-state index is 0.0795. The standard InChI is InChI=1S/C18H19ClN4O5S/c1-29(26,27)20-9-8-17(24)21-22-18(25)23-11-12-4-2-3-5-15(12)28-16-7-6-13(19)10-14(16)23/h2-7,10,20H,8-9,11H2,1H3,(H,21,24)(H,22,25). The molecule has 9 nitrogen and oxygen atoms in total. The van der Waals surface area contributed by atoms with Crippen LogP contribution in [0.25, 0.3) is 0 Å². The third-order valence-corrected chi connectivity index (χ3v) is 4.97. The lowest BCUT2D eigenvalue weighted by Gasteiger charge is -2.22. The maximum absolute atomic E-state index is 12.8. The predicted molar refractivity (Wildman–Crippen MR) is 108 cm³/mol. The molecule has 1 aliphatic rings. The van der Waals surface area contributed by atoms with Gasteiger partial charge in [-0.25, -0.2) is 23.4 Å². The monoisotopic (exact) mass is 438 g/mol. The van der Waals surface area contributed by atoms with E-state index in [1.54, 1.807) is 24.3 Å². The molecule has 0 fully saturated rings. The van der Waals surface area contributed by atoms with Crippen molar-refractivity contribution in [3.8, 4) is 11.5 Å². The summed E-state index contributed by atoms with van der Waals surface area (Å²) in [7, 11) is -3.39. The number of urea groups is 1. The first kappa shape index (κ1) is 20.9. The molecule has 0 atom stereocenters. The minimum atomic E-state index is -3.39. The number of carbonyl (C=O) groups excluding carboxylic acids is 2. The Morgan fingerprint density at radius 2 is 1.90 bits per heavy atom. The summed E-state index contributed by atoms with van der Waals surface area (Å²) < 4.78 is 30.2. The van der Waals surface area contributed by atoms with Crippen LogP contribution in [0.1, 0.15) is 12.0 Å². The van der Waals surface area contributed by atoms with Crippen molar-refractivity contribution in [2.45, 2.75) is 13.0 Å². The van der Waals surface area contributed by atoms with E-state index < -0.39 is 22.0 Å². The first-order valence-corrected chi connectivity index (χ1v) is 10.9. The molecule has 11 heteroatoms. The third-order valence-electron chi connectivity index (χ3n) is 4.00. The lowest BCUT2D eigenvalue weighted by molar-refractivity contribution is -0.121. The van der Waals surface area contributed by atoms with Crippen LogP contribution in [-0.2, 0) is 21.4 Å². The van der Waals surface area contributed by atoms with Crippen LogP contribution in [0.5, 0.6) is 11.5 Å². The number of ether oxygens (including phenoxy) is 1. The SMILES string of the molecule is CS(=O)(=O)NCCC(=O)NNC(=O)N1Cc2ccccc2Oc2ccc(Cl)cc21. The van der Waals surface area contributed by atoms with E-state index in [1.165, 1.54) is 4.90 Å². The highest BCUT2D eigenvalue weighted by Crippen LogP contribution is 2.40. The van der Waals surface area contributed by atoms with E-state index in [9.17, 15) is 18.0 Å². The maximum Gasteiger partial charge on any atom is 0.341 e. The second-order valence-electron chi connectivity index (χ2n) is 6.30. The Bertz CT molecular complexity index is 1040. The van der Waals surface area contributed by atoms with Gasteiger partial charge in [0, 0.05) is 23.6 Å². The van der Waals surface area contributed by atoms with Crippen molar-refractivity contribution >= 4 is 39.2 Å². The van der Waals surface area contributed by atoms with Crippen molar-refractivity contribution in [1.82, 2.24) is 15.6 Å². The molecule has 29 heavy (non-hydrogen) atoms. The Kier molecular flexibility index (Phi) is 6.26. The van der Waals surface area contributed by atoms with Crippen molar-refractivity contribution in [3.05, 3.63) is 53.1 Å². The molecular formula is C18H19ClN4O5S. The third kappa shape index (κ3) is 5.59. The molecule has 2 aromatic rings. The largest absolute Gasteiger partial charge is 0.455 e. The molecule has 1 aliphatic heterocycles. The number of hydrogen-bond acceptors (Lipinski definition) is 5. The van der Waals surface area contributed by atoms with Gasteiger partial charge in [0.15, 0.2) is 5.75 Å². The van der Waals surface area contributed by atoms with E-state index in [0.717, 1.165) is 11.8 Å². The van der Waals surface area contributed by atoms with Gasteiger partial charge < -0.3 is 4.74 Å². The number of amides is 3. The van der Waals surface area contributed by atoms with Gasteiger partial charge in [-0.05, 0) is 24.3 Å². The maximum atomic E-state index is 12.8. The summed E-state index contributed by atoms with van der Waals surface area (Å²) in [5, 5.41) is 0.423. The zero-order chi connectivity index (χ0) is 21.0. The second kappa shape index (κ2) is 8.68. The van der Waals surface area contributed by atoms with E-state index in [-0.39, 0.29) is 19.5 Å². The Morgan fingerprint density at radius 3 is 2.66 bits per heavy atom. The normalized spacial score (nSPS) is 12.8. The van der Waals surface area contributed by atoms with E-state index >= 15 is 0 Å². The number of sulfonamides is 1. The Balaban J connectivity index is 1.72. The number of hydrogen-bond donors (Lipinski definition) is 3. The van der Waals surface area contributed by atoms with Crippen molar-refractivity contribution < 1.29 is 22.7 Å². The van der Waals surface area contributed by atoms with Gasteiger partial charge in [-0.3, -0.25) is 15.1 Å². The first-order valence-electron chi connectivity index (χ1n) is 8.59. The first-order chi connectivity index (χ1) is 13.7. The molecule has 0 saturated heterocycles. The van der Waals surface area contributed by atoms with E-state index in [2.05, 4.69) is 15.6 Å².